The fourth-order valence-corrected chi connectivity index (χ4v) is 4.70. The SMILES string of the molecule is CCCS(=O)(=O)c1c(N)nsc1NCc1cccc(C)c1. The van der Waals surface area contributed by atoms with Crippen LogP contribution in [0.1, 0.15) is 24.5 Å². The van der Waals surface area contributed by atoms with Crippen molar-refractivity contribution in [3.05, 3.63) is 35.4 Å². The topological polar surface area (TPSA) is 85.1 Å². The van der Waals surface area contributed by atoms with E-state index in [4.69, 9.17) is 5.73 Å². The molecule has 114 valence electrons. The van der Waals surface area contributed by atoms with Gasteiger partial charge in [-0.1, -0.05) is 36.8 Å². The highest BCUT2D eigenvalue weighted by atomic mass is 32.2. The molecule has 0 saturated carbocycles. The number of nitrogens with two attached hydrogens (primary N) is 1. The van der Waals surface area contributed by atoms with Crippen LogP contribution in [0.15, 0.2) is 29.2 Å². The minimum absolute atomic E-state index is 0.0781. The maximum Gasteiger partial charge on any atom is 0.185 e. The van der Waals surface area contributed by atoms with E-state index in [2.05, 4.69) is 15.8 Å². The minimum Gasteiger partial charge on any atom is -0.382 e. The smallest absolute Gasteiger partial charge is 0.185 e. The van der Waals surface area contributed by atoms with Gasteiger partial charge in [0.15, 0.2) is 15.7 Å². The van der Waals surface area contributed by atoms with Crippen LogP contribution in [0.3, 0.4) is 0 Å². The zero-order valence-electron chi connectivity index (χ0n) is 12.1. The van der Waals surface area contributed by atoms with E-state index in [-0.39, 0.29) is 16.5 Å². The Balaban J connectivity index is 2.22. The monoisotopic (exact) mass is 325 g/mol. The van der Waals surface area contributed by atoms with E-state index >= 15 is 0 Å². The summed E-state index contributed by atoms with van der Waals surface area (Å²) in [6.45, 7) is 4.39. The zero-order chi connectivity index (χ0) is 15.5. The van der Waals surface area contributed by atoms with Crippen LogP contribution in [0, 0.1) is 6.92 Å². The van der Waals surface area contributed by atoms with E-state index in [1.807, 2.05) is 32.0 Å². The number of benzene rings is 1. The summed E-state index contributed by atoms with van der Waals surface area (Å²) in [6.07, 6.45) is 0.551. The third-order valence-corrected chi connectivity index (χ3v) is 5.92. The Morgan fingerprint density at radius 1 is 1.38 bits per heavy atom. The molecule has 5 nitrogen and oxygen atoms in total. The van der Waals surface area contributed by atoms with Gasteiger partial charge < -0.3 is 11.1 Å². The van der Waals surface area contributed by atoms with E-state index in [1.54, 1.807) is 0 Å². The lowest BCUT2D eigenvalue weighted by atomic mass is 10.1. The van der Waals surface area contributed by atoms with Crippen molar-refractivity contribution in [1.29, 1.82) is 0 Å². The molecule has 0 spiro atoms. The van der Waals surface area contributed by atoms with Crippen LogP contribution in [-0.2, 0) is 16.4 Å². The summed E-state index contributed by atoms with van der Waals surface area (Å²) >= 11 is 1.09. The summed E-state index contributed by atoms with van der Waals surface area (Å²) in [6, 6.07) is 8.04. The molecule has 0 bridgehead atoms. The van der Waals surface area contributed by atoms with Crippen LogP contribution in [0.4, 0.5) is 10.8 Å². The van der Waals surface area contributed by atoms with Crippen molar-refractivity contribution in [3.8, 4) is 0 Å². The van der Waals surface area contributed by atoms with E-state index in [9.17, 15) is 8.42 Å². The Labute approximate surface area is 129 Å². The number of rotatable bonds is 6. The fraction of sp³-hybridized carbons (Fsp3) is 0.357. The third-order valence-electron chi connectivity index (χ3n) is 2.99. The molecule has 1 aromatic heterocycles. The average molecular weight is 325 g/mol. The molecular formula is C14H19N3O2S2. The Kier molecular flexibility index (Phi) is 4.84. The molecule has 2 rings (SSSR count). The first kappa shape index (κ1) is 15.8. The van der Waals surface area contributed by atoms with Gasteiger partial charge in [0.25, 0.3) is 0 Å². The molecule has 0 atom stereocenters. The molecule has 0 radical (unpaired) electrons. The lowest BCUT2D eigenvalue weighted by Crippen LogP contribution is -2.10. The van der Waals surface area contributed by atoms with Gasteiger partial charge in [0.05, 0.1) is 5.75 Å². The molecule has 0 unspecified atom stereocenters. The highest BCUT2D eigenvalue weighted by Crippen LogP contribution is 2.32. The van der Waals surface area contributed by atoms with Crippen molar-refractivity contribution in [1.82, 2.24) is 4.37 Å². The number of aromatic nitrogens is 1. The maximum atomic E-state index is 12.2. The molecule has 0 amide bonds. The Morgan fingerprint density at radius 3 is 2.81 bits per heavy atom. The van der Waals surface area contributed by atoms with Crippen molar-refractivity contribution in [2.24, 2.45) is 0 Å². The second-order valence-corrected chi connectivity index (χ2v) is 7.71. The van der Waals surface area contributed by atoms with Crippen LogP contribution in [0.2, 0.25) is 0 Å². The minimum atomic E-state index is -3.38. The molecule has 0 aliphatic rings. The second-order valence-electron chi connectivity index (χ2n) is 4.89. The number of hydrogen-bond acceptors (Lipinski definition) is 6. The van der Waals surface area contributed by atoms with Crippen LogP contribution >= 0.6 is 11.5 Å². The van der Waals surface area contributed by atoms with Crippen molar-refractivity contribution in [3.63, 3.8) is 0 Å². The molecule has 0 saturated heterocycles. The predicted molar refractivity (Wildman–Crippen MR) is 87.4 cm³/mol. The number of aryl methyl sites for hydroxylation is 1. The number of nitrogen functional groups attached to an aromatic ring is 1. The van der Waals surface area contributed by atoms with E-state index < -0.39 is 9.84 Å². The van der Waals surface area contributed by atoms with Gasteiger partial charge in [-0.2, -0.15) is 4.37 Å². The van der Waals surface area contributed by atoms with Gasteiger partial charge in [0.1, 0.15) is 9.90 Å². The summed E-state index contributed by atoms with van der Waals surface area (Å²) in [5.41, 5.74) is 7.98. The number of nitrogens with zero attached hydrogens (tertiary/aromatic N) is 1. The zero-order valence-corrected chi connectivity index (χ0v) is 13.7. The molecule has 0 aliphatic carbocycles. The molecule has 21 heavy (non-hydrogen) atoms. The Morgan fingerprint density at radius 2 is 2.14 bits per heavy atom. The number of sulfone groups is 1. The van der Waals surface area contributed by atoms with Crippen LogP contribution < -0.4 is 11.1 Å². The van der Waals surface area contributed by atoms with Gasteiger partial charge in [0, 0.05) is 6.54 Å². The highest BCUT2D eigenvalue weighted by Gasteiger charge is 2.24. The van der Waals surface area contributed by atoms with Gasteiger partial charge in [-0.05, 0) is 30.4 Å². The summed E-state index contributed by atoms with van der Waals surface area (Å²) in [5.74, 6) is 0.162. The third kappa shape index (κ3) is 3.74. The largest absolute Gasteiger partial charge is 0.382 e. The molecular weight excluding hydrogens is 306 g/mol. The van der Waals surface area contributed by atoms with Crippen LogP contribution in [0.5, 0.6) is 0 Å². The van der Waals surface area contributed by atoms with Gasteiger partial charge >= 0.3 is 0 Å². The molecule has 3 N–H and O–H groups in total. The van der Waals surface area contributed by atoms with Gasteiger partial charge in [0.2, 0.25) is 0 Å². The first-order valence-electron chi connectivity index (χ1n) is 6.71. The van der Waals surface area contributed by atoms with Crippen LogP contribution in [-0.4, -0.2) is 18.5 Å². The average Bonchev–Trinajstić information content (AvgIpc) is 2.78. The summed E-state index contributed by atoms with van der Waals surface area (Å²) in [7, 11) is -3.38. The van der Waals surface area contributed by atoms with Crippen molar-refractivity contribution in [2.45, 2.75) is 31.7 Å². The first-order chi connectivity index (χ1) is 9.94. The molecule has 1 heterocycles. The normalized spacial score (nSPS) is 11.5. The molecule has 0 fully saturated rings. The van der Waals surface area contributed by atoms with Gasteiger partial charge in [-0.25, -0.2) is 8.42 Å². The van der Waals surface area contributed by atoms with Gasteiger partial charge in [-0.15, -0.1) is 0 Å². The van der Waals surface area contributed by atoms with E-state index in [0.29, 0.717) is 18.0 Å². The first-order valence-corrected chi connectivity index (χ1v) is 9.14. The molecule has 7 heteroatoms. The van der Waals surface area contributed by atoms with Gasteiger partial charge in [-0.3, -0.25) is 0 Å². The van der Waals surface area contributed by atoms with Crippen LogP contribution in [0.25, 0.3) is 0 Å². The second kappa shape index (κ2) is 6.44. The van der Waals surface area contributed by atoms with Crippen molar-refractivity contribution in [2.75, 3.05) is 16.8 Å². The standard InChI is InChI=1S/C14H19N3O2S2/c1-3-7-21(18,19)12-13(15)17-20-14(12)16-9-11-6-4-5-10(2)8-11/h4-6,8,16H,3,7,9H2,1-2H3,(H2,15,17). The van der Waals surface area contributed by atoms with E-state index in [1.165, 1.54) is 0 Å². The lowest BCUT2D eigenvalue weighted by Gasteiger charge is -2.08. The number of nitrogens with one attached hydrogen (secondary N) is 1. The summed E-state index contributed by atoms with van der Waals surface area (Å²) in [4.78, 5) is 0.141. The highest BCUT2D eigenvalue weighted by molar-refractivity contribution is 7.91. The molecule has 2 aromatic rings. The fourth-order valence-electron chi connectivity index (χ4n) is 2.08. The van der Waals surface area contributed by atoms with Crippen molar-refractivity contribution >= 4 is 32.2 Å². The van der Waals surface area contributed by atoms with E-state index in [0.717, 1.165) is 22.7 Å². The predicted octanol–water partition coefficient (Wildman–Crippen LogP) is 2.83. The number of hydrogen-bond donors (Lipinski definition) is 2. The molecule has 1 aromatic carbocycles. The summed E-state index contributed by atoms with van der Waals surface area (Å²) in [5, 5.41) is 3.66. The molecule has 0 aliphatic heterocycles. The number of anilines is 2. The summed E-state index contributed by atoms with van der Waals surface area (Å²) < 4.78 is 28.5. The Hall–Kier alpha value is -1.60. The Bertz CT molecular complexity index is 724. The quantitative estimate of drug-likeness (QED) is 0.853. The maximum absolute atomic E-state index is 12.2. The van der Waals surface area contributed by atoms with Crippen molar-refractivity contribution < 1.29 is 8.42 Å². The lowest BCUT2D eigenvalue weighted by molar-refractivity contribution is 0.595.